The van der Waals surface area contributed by atoms with Gasteiger partial charge >= 0.3 is 0 Å². The second kappa shape index (κ2) is 5.74. The van der Waals surface area contributed by atoms with E-state index >= 15 is 0 Å². The van der Waals surface area contributed by atoms with Crippen molar-refractivity contribution in [2.24, 2.45) is 0 Å². The van der Waals surface area contributed by atoms with Gasteiger partial charge in [0.25, 0.3) is 0 Å². The average Bonchev–Trinajstić information content (AvgIpc) is 2.55. The summed E-state index contributed by atoms with van der Waals surface area (Å²) in [5.41, 5.74) is 9.41. The second-order valence-electron chi connectivity index (χ2n) is 7.46. The maximum absolute atomic E-state index is 2.35. The van der Waals surface area contributed by atoms with Gasteiger partial charge in [0.15, 0.2) is 0 Å². The van der Waals surface area contributed by atoms with Crippen LogP contribution < -0.4 is 0 Å². The Kier molecular flexibility index (Phi) is 3.65. The summed E-state index contributed by atoms with van der Waals surface area (Å²) in [5, 5.41) is 5.35. The molecule has 0 atom stereocenters. The summed E-state index contributed by atoms with van der Waals surface area (Å²) < 4.78 is 0. The molecule has 0 aliphatic heterocycles. The van der Waals surface area contributed by atoms with Crippen LogP contribution in [0.5, 0.6) is 0 Å². The van der Waals surface area contributed by atoms with Crippen molar-refractivity contribution in [1.82, 2.24) is 0 Å². The second-order valence-corrected chi connectivity index (χ2v) is 7.46. The van der Waals surface area contributed by atoms with Crippen LogP contribution in [0, 0.1) is 34.6 Å². The fourth-order valence-corrected chi connectivity index (χ4v) is 3.96. The fraction of sp³-hybridized carbons (Fsp3) is 0.200. The van der Waals surface area contributed by atoms with Gasteiger partial charge in [-0.05, 0) is 84.0 Å². The normalized spacial score (nSPS) is 11.4. The standard InChI is InChI=1S/C25H24/c1-15-6-8-22-20(10-15)12-17(3)13-24(22)25-19(5)18(4)14-21-11-16(2)7-9-23(21)25/h6-14H,1-5H3. The first-order valence-corrected chi connectivity index (χ1v) is 8.96. The zero-order valence-corrected chi connectivity index (χ0v) is 15.7. The zero-order chi connectivity index (χ0) is 17.7. The minimum absolute atomic E-state index is 1.31. The van der Waals surface area contributed by atoms with Crippen LogP contribution in [0.25, 0.3) is 32.7 Å². The third kappa shape index (κ3) is 2.62. The first-order chi connectivity index (χ1) is 11.9. The average molecular weight is 324 g/mol. The SMILES string of the molecule is Cc1ccc2c(-c3c(C)c(C)cc4cc(C)ccc34)cc(C)cc2c1. The summed E-state index contributed by atoms with van der Waals surface area (Å²) in [7, 11) is 0. The lowest BCUT2D eigenvalue weighted by Crippen LogP contribution is -1.93. The van der Waals surface area contributed by atoms with Gasteiger partial charge in [-0.25, -0.2) is 0 Å². The van der Waals surface area contributed by atoms with Crippen molar-refractivity contribution < 1.29 is 0 Å². The highest BCUT2D eigenvalue weighted by molar-refractivity contribution is 6.07. The lowest BCUT2D eigenvalue weighted by Gasteiger charge is -2.17. The number of hydrogen-bond donors (Lipinski definition) is 0. The molecule has 0 N–H and O–H groups in total. The summed E-state index contributed by atoms with van der Waals surface area (Å²) in [6, 6.07) is 20.6. The van der Waals surface area contributed by atoms with Gasteiger partial charge in [-0.2, -0.15) is 0 Å². The molecule has 0 spiro atoms. The van der Waals surface area contributed by atoms with Crippen LogP contribution in [-0.2, 0) is 0 Å². The number of rotatable bonds is 1. The van der Waals surface area contributed by atoms with Crippen LogP contribution in [0.2, 0.25) is 0 Å². The van der Waals surface area contributed by atoms with Crippen molar-refractivity contribution in [2.45, 2.75) is 34.6 Å². The third-order valence-electron chi connectivity index (χ3n) is 5.34. The molecule has 124 valence electrons. The summed E-state index contributed by atoms with van der Waals surface area (Å²) >= 11 is 0. The molecule has 0 aliphatic carbocycles. The molecule has 0 heterocycles. The Hall–Kier alpha value is -2.60. The van der Waals surface area contributed by atoms with E-state index < -0.39 is 0 Å². The molecule has 25 heavy (non-hydrogen) atoms. The van der Waals surface area contributed by atoms with Gasteiger partial charge in [0.05, 0.1) is 0 Å². The molecule has 4 rings (SSSR count). The quantitative estimate of drug-likeness (QED) is 0.347. The van der Waals surface area contributed by atoms with Crippen LogP contribution in [0.3, 0.4) is 0 Å². The molecule has 0 saturated carbocycles. The molecule has 4 aromatic rings. The lowest BCUT2D eigenvalue weighted by molar-refractivity contribution is 1.36. The van der Waals surface area contributed by atoms with Crippen LogP contribution in [0.15, 0.2) is 54.6 Å². The van der Waals surface area contributed by atoms with Crippen molar-refractivity contribution in [2.75, 3.05) is 0 Å². The monoisotopic (exact) mass is 324 g/mol. The van der Waals surface area contributed by atoms with Gasteiger partial charge in [0, 0.05) is 0 Å². The summed E-state index contributed by atoms with van der Waals surface area (Å²) in [5.74, 6) is 0. The van der Waals surface area contributed by atoms with E-state index in [1.807, 2.05) is 0 Å². The number of fused-ring (bicyclic) bond motifs is 2. The van der Waals surface area contributed by atoms with Crippen molar-refractivity contribution in [1.29, 1.82) is 0 Å². The molecule has 0 aromatic heterocycles. The molecule has 0 fully saturated rings. The molecule has 0 aliphatic rings. The Labute approximate surface area is 150 Å². The fourth-order valence-electron chi connectivity index (χ4n) is 3.96. The van der Waals surface area contributed by atoms with Crippen LogP contribution in [0.4, 0.5) is 0 Å². The van der Waals surface area contributed by atoms with Crippen molar-refractivity contribution >= 4 is 21.5 Å². The first-order valence-electron chi connectivity index (χ1n) is 8.96. The van der Waals surface area contributed by atoms with E-state index in [4.69, 9.17) is 0 Å². The van der Waals surface area contributed by atoms with Crippen LogP contribution in [-0.4, -0.2) is 0 Å². The van der Waals surface area contributed by atoms with Gasteiger partial charge in [-0.3, -0.25) is 0 Å². The van der Waals surface area contributed by atoms with Gasteiger partial charge in [0.1, 0.15) is 0 Å². The topological polar surface area (TPSA) is 0 Å². The van der Waals surface area contributed by atoms with E-state index in [-0.39, 0.29) is 0 Å². The van der Waals surface area contributed by atoms with Gasteiger partial charge in [-0.1, -0.05) is 65.7 Å². The summed E-state index contributed by atoms with van der Waals surface area (Å²) in [6.07, 6.45) is 0. The number of aryl methyl sites for hydroxylation is 4. The Morgan fingerprint density at radius 3 is 1.76 bits per heavy atom. The molecular formula is C25H24. The highest BCUT2D eigenvalue weighted by Crippen LogP contribution is 2.39. The first kappa shape index (κ1) is 15.9. The van der Waals surface area contributed by atoms with Gasteiger partial charge in [-0.15, -0.1) is 0 Å². The molecule has 0 radical (unpaired) electrons. The van der Waals surface area contributed by atoms with E-state index in [0.717, 1.165) is 0 Å². The molecule has 0 saturated heterocycles. The lowest BCUT2D eigenvalue weighted by atomic mass is 9.87. The Bertz CT molecular complexity index is 1120. The maximum atomic E-state index is 2.35. The molecule has 0 bridgehead atoms. The van der Waals surface area contributed by atoms with Gasteiger partial charge in [0.2, 0.25) is 0 Å². The van der Waals surface area contributed by atoms with Crippen molar-refractivity contribution in [3.05, 3.63) is 82.4 Å². The van der Waals surface area contributed by atoms with E-state index in [0.29, 0.717) is 0 Å². The van der Waals surface area contributed by atoms with E-state index in [1.54, 1.807) is 0 Å². The Morgan fingerprint density at radius 2 is 1.08 bits per heavy atom. The summed E-state index contributed by atoms with van der Waals surface area (Å²) in [4.78, 5) is 0. The number of benzene rings is 4. The molecule has 4 aromatic carbocycles. The minimum Gasteiger partial charge on any atom is -0.0587 e. The predicted octanol–water partition coefficient (Wildman–Crippen LogP) is 7.20. The maximum Gasteiger partial charge on any atom is -0.00671 e. The van der Waals surface area contributed by atoms with Crippen molar-refractivity contribution in [3.8, 4) is 11.1 Å². The van der Waals surface area contributed by atoms with Gasteiger partial charge < -0.3 is 0 Å². The molecular weight excluding hydrogens is 300 g/mol. The number of hydrogen-bond acceptors (Lipinski definition) is 0. The largest absolute Gasteiger partial charge is 0.0587 e. The Balaban J connectivity index is 2.19. The zero-order valence-electron chi connectivity index (χ0n) is 15.7. The third-order valence-corrected chi connectivity index (χ3v) is 5.34. The minimum atomic E-state index is 1.31. The molecule has 0 unspecified atom stereocenters. The molecule has 0 nitrogen and oxygen atoms in total. The van der Waals surface area contributed by atoms with E-state index in [1.165, 1.54) is 60.5 Å². The van der Waals surface area contributed by atoms with E-state index in [2.05, 4.69) is 89.2 Å². The molecule has 0 heteroatoms. The molecule has 0 amide bonds. The summed E-state index contributed by atoms with van der Waals surface area (Å²) in [6.45, 7) is 11.0. The smallest absolute Gasteiger partial charge is 0.00671 e. The highest BCUT2D eigenvalue weighted by atomic mass is 14.2. The highest BCUT2D eigenvalue weighted by Gasteiger charge is 2.14. The Morgan fingerprint density at radius 1 is 0.520 bits per heavy atom. The predicted molar refractivity (Wildman–Crippen MR) is 111 cm³/mol. The van der Waals surface area contributed by atoms with Crippen LogP contribution >= 0.6 is 0 Å². The van der Waals surface area contributed by atoms with Crippen LogP contribution in [0.1, 0.15) is 27.8 Å². The van der Waals surface area contributed by atoms with E-state index in [9.17, 15) is 0 Å². The van der Waals surface area contributed by atoms with Crippen molar-refractivity contribution in [3.63, 3.8) is 0 Å².